The van der Waals surface area contributed by atoms with Gasteiger partial charge in [0, 0.05) is 6.42 Å². The molecule has 0 bridgehead atoms. The predicted octanol–water partition coefficient (Wildman–Crippen LogP) is 1.22. The summed E-state index contributed by atoms with van der Waals surface area (Å²) >= 11 is 2.22. The van der Waals surface area contributed by atoms with E-state index in [2.05, 4.69) is 27.3 Å². The largest absolute Gasteiger partial charge is 0.479 e. The highest BCUT2D eigenvalue weighted by Crippen LogP contribution is 2.00. The van der Waals surface area contributed by atoms with Crippen LogP contribution in [0.25, 0.3) is 0 Å². The van der Waals surface area contributed by atoms with Gasteiger partial charge in [0.25, 0.3) is 0 Å². The number of carboxylic acids is 1. The van der Waals surface area contributed by atoms with Gasteiger partial charge in [-0.05, 0) is 17.3 Å². The second-order valence-corrected chi connectivity index (χ2v) is 3.28. The fraction of sp³-hybridized carbons (Fsp3) is 0.714. The minimum Gasteiger partial charge on any atom is -0.479 e. The molecule has 0 amide bonds. The molecule has 0 spiro atoms. The molecule has 0 atom stereocenters. The van der Waals surface area contributed by atoms with Crippen molar-refractivity contribution in [3.63, 3.8) is 0 Å². The number of rotatable bonds is 6. The van der Waals surface area contributed by atoms with Crippen LogP contribution in [0.4, 0.5) is 0 Å². The van der Waals surface area contributed by atoms with Gasteiger partial charge in [-0.25, -0.2) is 4.79 Å². The maximum atomic E-state index is 10.7. The topological polar surface area (TPSA) is 63.6 Å². The van der Waals surface area contributed by atoms with Gasteiger partial charge in [-0.15, -0.1) is 0 Å². The molecule has 0 aliphatic heterocycles. The van der Waals surface area contributed by atoms with Crippen LogP contribution in [0.5, 0.6) is 0 Å². The van der Waals surface area contributed by atoms with Crippen LogP contribution < -0.4 is 0 Å². The van der Waals surface area contributed by atoms with Crippen molar-refractivity contribution in [2.45, 2.75) is 19.3 Å². The lowest BCUT2D eigenvalue weighted by molar-refractivity contribution is -0.155. The van der Waals surface area contributed by atoms with Crippen molar-refractivity contribution in [1.82, 2.24) is 0 Å². The number of halogens is 1. The van der Waals surface area contributed by atoms with Gasteiger partial charge >= 0.3 is 11.9 Å². The van der Waals surface area contributed by atoms with Crippen LogP contribution in [0.15, 0.2) is 0 Å². The van der Waals surface area contributed by atoms with Gasteiger partial charge in [-0.3, -0.25) is 4.79 Å². The van der Waals surface area contributed by atoms with Gasteiger partial charge in [0.05, 0.1) is 0 Å². The van der Waals surface area contributed by atoms with E-state index in [1.807, 2.05) is 0 Å². The molecule has 12 heavy (non-hydrogen) atoms. The molecule has 0 aromatic carbocycles. The summed E-state index contributed by atoms with van der Waals surface area (Å²) in [4.78, 5) is 20.7. The van der Waals surface area contributed by atoms with E-state index in [-0.39, 0.29) is 0 Å². The normalized spacial score (nSPS) is 9.42. The van der Waals surface area contributed by atoms with Crippen LogP contribution >= 0.6 is 22.6 Å². The molecule has 4 nitrogen and oxygen atoms in total. The van der Waals surface area contributed by atoms with Crippen molar-refractivity contribution in [3.05, 3.63) is 0 Å². The van der Waals surface area contributed by atoms with Crippen molar-refractivity contribution in [2.75, 3.05) is 11.0 Å². The third kappa shape index (κ3) is 7.77. The second kappa shape index (κ2) is 7.33. The molecule has 0 rings (SSSR count). The van der Waals surface area contributed by atoms with Gasteiger partial charge in [0.2, 0.25) is 0 Å². The molecule has 0 unspecified atom stereocenters. The fourth-order valence-electron chi connectivity index (χ4n) is 0.578. The molecule has 0 saturated carbocycles. The van der Waals surface area contributed by atoms with Gasteiger partial charge < -0.3 is 9.84 Å². The summed E-state index contributed by atoms with van der Waals surface area (Å²) in [6.07, 6.45) is 2.04. The van der Waals surface area contributed by atoms with Crippen LogP contribution in [0.3, 0.4) is 0 Å². The molecule has 70 valence electrons. The summed E-state index contributed by atoms with van der Waals surface area (Å²) in [5, 5.41) is 8.16. The molecule has 0 aromatic rings. The number of unbranched alkanes of at least 4 members (excludes halogenated alkanes) is 1. The van der Waals surface area contributed by atoms with Crippen LogP contribution in [-0.2, 0) is 14.3 Å². The maximum absolute atomic E-state index is 10.7. The molecule has 1 N–H and O–H groups in total. The van der Waals surface area contributed by atoms with Crippen LogP contribution in [-0.4, -0.2) is 28.1 Å². The second-order valence-electron chi connectivity index (χ2n) is 2.20. The Hall–Kier alpha value is -0.330. The van der Waals surface area contributed by atoms with E-state index in [0.717, 1.165) is 17.3 Å². The maximum Gasteiger partial charge on any atom is 0.341 e. The summed E-state index contributed by atoms with van der Waals surface area (Å²) < 4.78 is 5.41. The van der Waals surface area contributed by atoms with E-state index in [4.69, 9.17) is 5.11 Å². The Morgan fingerprint density at radius 2 is 2.00 bits per heavy atom. The first-order valence-electron chi connectivity index (χ1n) is 3.60. The number of hydrogen-bond acceptors (Lipinski definition) is 3. The fourth-order valence-corrected chi connectivity index (χ4v) is 1.12. The first-order valence-corrected chi connectivity index (χ1v) is 5.12. The zero-order valence-electron chi connectivity index (χ0n) is 6.59. The van der Waals surface area contributed by atoms with Crippen molar-refractivity contribution in [3.8, 4) is 0 Å². The minimum atomic E-state index is -1.11. The molecule has 0 fully saturated rings. The lowest BCUT2D eigenvalue weighted by Crippen LogP contribution is -2.12. The Morgan fingerprint density at radius 3 is 2.50 bits per heavy atom. The Balaban J connectivity index is 3.28. The average molecular weight is 286 g/mol. The molecular formula is C7H11IO4. The van der Waals surface area contributed by atoms with Gasteiger partial charge in [-0.1, -0.05) is 22.6 Å². The molecule has 0 saturated heterocycles. The summed E-state index contributed by atoms with van der Waals surface area (Å²) in [5.41, 5.74) is 0. The standard InChI is InChI=1S/C7H11IO4/c8-4-2-1-3-7(11)12-5-6(9)10/h1-5H2,(H,9,10). The van der Waals surface area contributed by atoms with Crippen LogP contribution in [0, 0.1) is 0 Å². The third-order valence-electron chi connectivity index (χ3n) is 1.12. The number of hydrogen-bond donors (Lipinski definition) is 1. The van der Waals surface area contributed by atoms with Crippen LogP contribution in [0.2, 0.25) is 0 Å². The summed E-state index contributed by atoms with van der Waals surface area (Å²) in [6.45, 7) is -0.525. The lowest BCUT2D eigenvalue weighted by Gasteiger charge is -1.99. The predicted molar refractivity (Wildman–Crippen MR) is 51.3 cm³/mol. The third-order valence-corrected chi connectivity index (χ3v) is 1.88. The SMILES string of the molecule is O=C(O)COC(=O)CCCCI. The zero-order chi connectivity index (χ0) is 9.40. The number of carbonyl (C=O) groups is 2. The molecule has 0 radical (unpaired) electrons. The Bertz CT molecular complexity index is 157. The van der Waals surface area contributed by atoms with Gasteiger partial charge in [0.1, 0.15) is 0 Å². The molecular weight excluding hydrogens is 275 g/mol. The zero-order valence-corrected chi connectivity index (χ0v) is 8.74. The van der Waals surface area contributed by atoms with E-state index in [1.54, 1.807) is 0 Å². The van der Waals surface area contributed by atoms with E-state index in [9.17, 15) is 9.59 Å². The molecule has 0 aliphatic rings. The first kappa shape index (κ1) is 11.7. The summed E-state index contributed by atoms with van der Waals surface area (Å²) in [5.74, 6) is -1.54. The Labute approximate surface area is 84.4 Å². The van der Waals surface area contributed by atoms with E-state index in [1.165, 1.54) is 0 Å². The van der Waals surface area contributed by atoms with E-state index in [0.29, 0.717) is 6.42 Å². The number of aliphatic carboxylic acids is 1. The minimum absolute atomic E-state index is 0.316. The van der Waals surface area contributed by atoms with Crippen molar-refractivity contribution >= 4 is 34.5 Å². The molecule has 5 heteroatoms. The Kier molecular flexibility index (Phi) is 7.12. The first-order chi connectivity index (χ1) is 5.66. The number of carbonyl (C=O) groups excluding carboxylic acids is 1. The van der Waals surface area contributed by atoms with Crippen molar-refractivity contribution in [1.29, 1.82) is 0 Å². The number of esters is 1. The van der Waals surface area contributed by atoms with E-state index >= 15 is 0 Å². The molecule has 0 aliphatic carbocycles. The molecule has 0 aromatic heterocycles. The Morgan fingerprint density at radius 1 is 1.33 bits per heavy atom. The van der Waals surface area contributed by atoms with Gasteiger partial charge in [-0.2, -0.15) is 0 Å². The highest BCUT2D eigenvalue weighted by Gasteiger charge is 2.04. The quantitative estimate of drug-likeness (QED) is 0.345. The summed E-state index contributed by atoms with van der Waals surface area (Å²) in [6, 6.07) is 0. The number of alkyl halides is 1. The number of ether oxygens (including phenoxy) is 1. The van der Waals surface area contributed by atoms with Gasteiger partial charge in [0.15, 0.2) is 6.61 Å². The average Bonchev–Trinajstić information content (AvgIpc) is 2.01. The van der Waals surface area contributed by atoms with Crippen LogP contribution in [0.1, 0.15) is 19.3 Å². The molecule has 0 heterocycles. The van der Waals surface area contributed by atoms with Crippen molar-refractivity contribution < 1.29 is 19.4 Å². The van der Waals surface area contributed by atoms with E-state index < -0.39 is 18.5 Å². The highest BCUT2D eigenvalue weighted by atomic mass is 127. The summed E-state index contributed by atoms with van der Waals surface area (Å²) in [7, 11) is 0. The van der Waals surface area contributed by atoms with Crippen molar-refractivity contribution in [2.24, 2.45) is 0 Å². The number of carboxylic acid groups (broad SMARTS) is 1. The smallest absolute Gasteiger partial charge is 0.341 e. The lowest BCUT2D eigenvalue weighted by atomic mass is 10.2. The highest BCUT2D eigenvalue weighted by molar-refractivity contribution is 14.1. The monoisotopic (exact) mass is 286 g/mol.